The lowest BCUT2D eigenvalue weighted by molar-refractivity contribution is -0.120. The number of para-hydroxylation sites is 1. The maximum absolute atomic E-state index is 12.9. The molecule has 1 fully saturated rings. The minimum atomic E-state index is -0.276. The van der Waals surface area contributed by atoms with Gasteiger partial charge in [0.1, 0.15) is 5.82 Å². The zero-order valence-corrected chi connectivity index (χ0v) is 15.0. The summed E-state index contributed by atoms with van der Waals surface area (Å²) in [4.78, 5) is 16.8. The van der Waals surface area contributed by atoms with Gasteiger partial charge in [-0.25, -0.2) is 4.39 Å². The van der Waals surface area contributed by atoms with Gasteiger partial charge in [-0.1, -0.05) is 30.3 Å². The first-order chi connectivity index (χ1) is 12.7. The van der Waals surface area contributed by atoms with E-state index in [0.717, 1.165) is 44.7 Å². The van der Waals surface area contributed by atoms with Crippen molar-refractivity contribution in [1.29, 1.82) is 0 Å². The van der Waals surface area contributed by atoms with Crippen LogP contribution in [0.1, 0.15) is 12.0 Å². The lowest BCUT2D eigenvalue weighted by atomic mass is 10.1. The number of anilines is 1. The van der Waals surface area contributed by atoms with E-state index in [0.29, 0.717) is 13.0 Å². The third-order valence-electron chi connectivity index (χ3n) is 4.74. The maximum atomic E-state index is 12.9. The molecule has 26 heavy (non-hydrogen) atoms. The number of hydrogen-bond acceptors (Lipinski definition) is 3. The second kappa shape index (κ2) is 9.34. The summed E-state index contributed by atoms with van der Waals surface area (Å²) in [6.07, 6.45) is 1.25. The number of nitrogens with one attached hydrogen (secondary N) is 1. The summed E-state index contributed by atoms with van der Waals surface area (Å²) >= 11 is 0. The Hall–Kier alpha value is -2.40. The number of carbonyl (C=O) groups is 1. The molecule has 5 heteroatoms. The smallest absolute Gasteiger partial charge is 0.224 e. The van der Waals surface area contributed by atoms with Gasteiger partial charge in [0, 0.05) is 38.4 Å². The second-order valence-electron chi connectivity index (χ2n) is 6.67. The fraction of sp³-hybridized carbons (Fsp3) is 0.381. The third-order valence-corrected chi connectivity index (χ3v) is 4.74. The topological polar surface area (TPSA) is 35.6 Å². The highest BCUT2D eigenvalue weighted by molar-refractivity contribution is 5.78. The molecule has 1 aliphatic heterocycles. The van der Waals surface area contributed by atoms with Crippen molar-refractivity contribution in [2.24, 2.45) is 0 Å². The van der Waals surface area contributed by atoms with Crippen LogP contribution >= 0.6 is 0 Å². The summed E-state index contributed by atoms with van der Waals surface area (Å²) < 4.78 is 12.9. The average molecular weight is 355 g/mol. The Kier molecular flexibility index (Phi) is 6.61. The van der Waals surface area contributed by atoms with Gasteiger partial charge in [-0.2, -0.15) is 0 Å². The van der Waals surface area contributed by atoms with Gasteiger partial charge in [-0.05, 0) is 42.8 Å². The molecule has 1 N–H and O–H groups in total. The lowest BCUT2D eigenvalue weighted by Crippen LogP contribution is -2.47. The highest BCUT2D eigenvalue weighted by Crippen LogP contribution is 2.15. The predicted octanol–water partition coefficient (Wildman–Crippen LogP) is 2.70. The minimum Gasteiger partial charge on any atom is -0.369 e. The van der Waals surface area contributed by atoms with Gasteiger partial charge >= 0.3 is 0 Å². The molecule has 0 atom stereocenters. The Balaban J connectivity index is 1.30. The fourth-order valence-corrected chi connectivity index (χ4v) is 3.25. The maximum Gasteiger partial charge on any atom is 0.224 e. The first kappa shape index (κ1) is 18.4. The van der Waals surface area contributed by atoms with E-state index in [9.17, 15) is 9.18 Å². The van der Waals surface area contributed by atoms with Crippen molar-refractivity contribution in [1.82, 2.24) is 10.2 Å². The highest BCUT2D eigenvalue weighted by Gasteiger charge is 2.16. The van der Waals surface area contributed by atoms with Crippen LogP contribution in [0.3, 0.4) is 0 Å². The SMILES string of the molecule is O=C(Cc1ccc(F)cc1)NCCCN1CCN(c2ccccc2)CC1. The van der Waals surface area contributed by atoms with E-state index in [4.69, 9.17) is 0 Å². The van der Waals surface area contributed by atoms with Gasteiger partial charge in [0.2, 0.25) is 5.91 Å². The Morgan fingerprint density at radius 1 is 0.962 bits per heavy atom. The van der Waals surface area contributed by atoms with Crippen LogP contribution in [0.5, 0.6) is 0 Å². The molecular formula is C21H26FN3O. The summed E-state index contributed by atoms with van der Waals surface area (Å²) in [6, 6.07) is 16.6. The summed E-state index contributed by atoms with van der Waals surface area (Å²) in [6.45, 7) is 5.87. The predicted molar refractivity (Wildman–Crippen MR) is 103 cm³/mol. The van der Waals surface area contributed by atoms with Crippen LogP contribution in [0.4, 0.5) is 10.1 Å². The van der Waals surface area contributed by atoms with Crippen LogP contribution in [-0.2, 0) is 11.2 Å². The number of nitrogens with zero attached hydrogens (tertiary/aromatic N) is 2. The number of benzene rings is 2. The Labute approximate surface area is 154 Å². The summed E-state index contributed by atoms with van der Waals surface area (Å²) in [7, 11) is 0. The molecule has 0 unspecified atom stereocenters. The molecule has 0 radical (unpaired) electrons. The quantitative estimate of drug-likeness (QED) is 0.776. The number of amides is 1. The zero-order valence-electron chi connectivity index (χ0n) is 15.0. The van der Waals surface area contributed by atoms with Crippen molar-refractivity contribution in [2.75, 3.05) is 44.2 Å². The van der Waals surface area contributed by atoms with Crippen molar-refractivity contribution < 1.29 is 9.18 Å². The largest absolute Gasteiger partial charge is 0.369 e. The van der Waals surface area contributed by atoms with Gasteiger partial charge in [0.15, 0.2) is 0 Å². The molecule has 138 valence electrons. The van der Waals surface area contributed by atoms with Crippen LogP contribution in [0.25, 0.3) is 0 Å². The minimum absolute atomic E-state index is 0.00879. The van der Waals surface area contributed by atoms with E-state index < -0.39 is 0 Å². The van der Waals surface area contributed by atoms with Gasteiger partial charge in [0.05, 0.1) is 6.42 Å². The molecule has 1 aliphatic rings. The highest BCUT2D eigenvalue weighted by atomic mass is 19.1. The number of piperazine rings is 1. The van der Waals surface area contributed by atoms with E-state index in [1.54, 1.807) is 12.1 Å². The number of hydrogen-bond donors (Lipinski definition) is 1. The van der Waals surface area contributed by atoms with Crippen LogP contribution in [0, 0.1) is 5.82 Å². The van der Waals surface area contributed by atoms with Crippen molar-refractivity contribution in [3.63, 3.8) is 0 Å². The van der Waals surface area contributed by atoms with Gasteiger partial charge in [-0.3, -0.25) is 9.69 Å². The molecule has 0 spiro atoms. The molecule has 1 heterocycles. The average Bonchev–Trinajstić information content (AvgIpc) is 2.68. The molecule has 2 aromatic carbocycles. The van der Waals surface area contributed by atoms with Crippen LogP contribution < -0.4 is 10.2 Å². The standard InChI is InChI=1S/C21H26FN3O/c22-19-9-7-18(8-10-19)17-21(26)23-11-4-12-24-13-15-25(16-14-24)20-5-2-1-3-6-20/h1-3,5-10H,4,11-17H2,(H,23,26). The van der Waals surface area contributed by atoms with Crippen molar-refractivity contribution >= 4 is 11.6 Å². The van der Waals surface area contributed by atoms with Crippen molar-refractivity contribution in [3.8, 4) is 0 Å². The van der Waals surface area contributed by atoms with E-state index >= 15 is 0 Å². The summed E-state index contributed by atoms with van der Waals surface area (Å²) in [5.74, 6) is -0.285. The molecule has 0 bridgehead atoms. The third kappa shape index (κ3) is 5.56. The molecular weight excluding hydrogens is 329 g/mol. The van der Waals surface area contributed by atoms with Crippen LogP contribution in [0.2, 0.25) is 0 Å². The van der Waals surface area contributed by atoms with Crippen molar-refractivity contribution in [2.45, 2.75) is 12.8 Å². The van der Waals surface area contributed by atoms with E-state index in [2.05, 4.69) is 39.4 Å². The van der Waals surface area contributed by atoms with Crippen molar-refractivity contribution in [3.05, 3.63) is 66.0 Å². The molecule has 4 nitrogen and oxygen atoms in total. The molecule has 0 saturated carbocycles. The zero-order chi connectivity index (χ0) is 18.2. The molecule has 0 aromatic heterocycles. The summed E-state index contributed by atoms with van der Waals surface area (Å²) in [5.41, 5.74) is 2.13. The van der Waals surface area contributed by atoms with E-state index in [1.165, 1.54) is 17.8 Å². The number of halogens is 1. The normalized spacial score (nSPS) is 15.0. The Bertz CT molecular complexity index is 682. The van der Waals surface area contributed by atoms with Gasteiger partial charge < -0.3 is 10.2 Å². The fourth-order valence-electron chi connectivity index (χ4n) is 3.25. The van der Waals surface area contributed by atoms with Crippen LogP contribution in [0.15, 0.2) is 54.6 Å². The van der Waals surface area contributed by atoms with E-state index in [1.807, 2.05) is 6.07 Å². The second-order valence-corrected chi connectivity index (χ2v) is 6.67. The monoisotopic (exact) mass is 355 g/mol. The molecule has 3 rings (SSSR count). The molecule has 1 amide bonds. The van der Waals surface area contributed by atoms with Gasteiger partial charge in [-0.15, -0.1) is 0 Å². The molecule has 0 aliphatic carbocycles. The first-order valence-corrected chi connectivity index (χ1v) is 9.24. The molecule has 1 saturated heterocycles. The molecule has 2 aromatic rings. The Morgan fingerprint density at radius 2 is 1.65 bits per heavy atom. The summed E-state index contributed by atoms with van der Waals surface area (Å²) in [5, 5.41) is 2.95. The van der Waals surface area contributed by atoms with Crippen LogP contribution in [-0.4, -0.2) is 50.1 Å². The number of rotatable bonds is 7. The number of carbonyl (C=O) groups excluding carboxylic acids is 1. The van der Waals surface area contributed by atoms with E-state index in [-0.39, 0.29) is 11.7 Å². The van der Waals surface area contributed by atoms with Gasteiger partial charge in [0.25, 0.3) is 0 Å². The Morgan fingerprint density at radius 3 is 2.35 bits per heavy atom. The lowest BCUT2D eigenvalue weighted by Gasteiger charge is -2.36. The first-order valence-electron chi connectivity index (χ1n) is 9.24.